The van der Waals surface area contributed by atoms with Crippen molar-refractivity contribution in [3.8, 4) is 0 Å². The van der Waals surface area contributed by atoms with Crippen LogP contribution in [-0.4, -0.2) is 19.3 Å². The quantitative estimate of drug-likeness (QED) is 0.808. The predicted octanol–water partition coefficient (Wildman–Crippen LogP) is 2.92. The third-order valence-electron chi connectivity index (χ3n) is 2.84. The lowest BCUT2D eigenvalue weighted by Gasteiger charge is -2.25. The maximum absolute atomic E-state index is 5.69. The predicted molar refractivity (Wildman–Crippen MR) is 65.6 cm³/mol. The van der Waals surface area contributed by atoms with Gasteiger partial charge >= 0.3 is 0 Å². The molecule has 0 amide bonds. The average Bonchev–Trinajstić information content (AvgIpc) is 2.74. The monoisotopic (exact) mass is 225 g/mol. The molecule has 0 bridgehead atoms. The SMILES string of the molecule is CCc1ccc(C(C)NCC(C)(C)OC)o1. The molecule has 0 aliphatic heterocycles. The van der Waals surface area contributed by atoms with Gasteiger partial charge in [0.25, 0.3) is 0 Å². The molecule has 0 aliphatic rings. The minimum atomic E-state index is -0.144. The van der Waals surface area contributed by atoms with E-state index in [2.05, 4.69) is 33.0 Å². The van der Waals surface area contributed by atoms with Crippen LogP contribution < -0.4 is 5.32 Å². The average molecular weight is 225 g/mol. The summed E-state index contributed by atoms with van der Waals surface area (Å²) in [6.45, 7) is 9.12. The van der Waals surface area contributed by atoms with Crippen molar-refractivity contribution in [2.75, 3.05) is 13.7 Å². The van der Waals surface area contributed by atoms with Crippen molar-refractivity contribution in [2.24, 2.45) is 0 Å². The first-order valence-electron chi connectivity index (χ1n) is 5.85. The molecule has 1 atom stereocenters. The second-order valence-electron chi connectivity index (χ2n) is 4.72. The van der Waals surface area contributed by atoms with Crippen LogP contribution in [0.4, 0.5) is 0 Å². The van der Waals surface area contributed by atoms with Gasteiger partial charge in [0.2, 0.25) is 0 Å². The number of aryl methyl sites for hydroxylation is 1. The van der Waals surface area contributed by atoms with E-state index in [0.717, 1.165) is 24.5 Å². The summed E-state index contributed by atoms with van der Waals surface area (Å²) < 4.78 is 11.0. The van der Waals surface area contributed by atoms with E-state index in [9.17, 15) is 0 Å². The van der Waals surface area contributed by atoms with Gasteiger partial charge in [-0.15, -0.1) is 0 Å². The van der Waals surface area contributed by atoms with Gasteiger partial charge in [-0.25, -0.2) is 0 Å². The van der Waals surface area contributed by atoms with Gasteiger partial charge in [0.15, 0.2) is 0 Å². The van der Waals surface area contributed by atoms with E-state index >= 15 is 0 Å². The van der Waals surface area contributed by atoms with E-state index in [1.807, 2.05) is 12.1 Å². The lowest BCUT2D eigenvalue weighted by molar-refractivity contribution is 0.0209. The van der Waals surface area contributed by atoms with E-state index in [4.69, 9.17) is 9.15 Å². The highest BCUT2D eigenvalue weighted by atomic mass is 16.5. The van der Waals surface area contributed by atoms with Crippen molar-refractivity contribution in [2.45, 2.75) is 45.8 Å². The normalized spacial score (nSPS) is 14.1. The second kappa shape index (κ2) is 5.51. The van der Waals surface area contributed by atoms with Crippen LogP contribution in [0.1, 0.15) is 45.3 Å². The second-order valence-corrected chi connectivity index (χ2v) is 4.72. The molecule has 0 aromatic carbocycles. The smallest absolute Gasteiger partial charge is 0.120 e. The zero-order valence-corrected chi connectivity index (χ0v) is 11.0. The molecule has 3 heteroatoms. The molecule has 1 aromatic rings. The molecule has 92 valence electrons. The van der Waals surface area contributed by atoms with Crippen LogP contribution in [0.5, 0.6) is 0 Å². The lowest BCUT2D eigenvalue weighted by atomic mass is 10.1. The van der Waals surface area contributed by atoms with E-state index < -0.39 is 0 Å². The molecule has 1 heterocycles. The molecule has 0 fully saturated rings. The molecule has 1 N–H and O–H groups in total. The maximum atomic E-state index is 5.69. The van der Waals surface area contributed by atoms with Crippen molar-refractivity contribution < 1.29 is 9.15 Å². The fourth-order valence-corrected chi connectivity index (χ4v) is 1.39. The summed E-state index contributed by atoms with van der Waals surface area (Å²) >= 11 is 0. The fraction of sp³-hybridized carbons (Fsp3) is 0.692. The van der Waals surface area contributed by atoms with Crippen molar-refractivity contribution >= 4 is 0 Å². The third-order valence-corrected chi connectivity index (χ3v) is 2.84. The summed E-state index contributed by atoms with van der Waals surface area (Å²) in [5.74, 6) is 2.03. The lowest BCUT2D eigenvalue weighted by Crippen LogP contribution is -2.37. The molecule has 0 spiro atoms. The van der Waals surface area contributed by atoms with Gasteiger partial charge in [0.05, 0.1) is 11.6 Å². The largest absolute Gasteiger partial charge is 0.464 e. The van der Waals surface area contributed by atoms with Crippen molar-refractivity contribution in [1.82, 2.24) is 5.32 Å². The van der Waals surface area contributed by atoms with Gasteiger partial charge in [-0.2, -0.15) is 0 Å². The number of hydrogen-bond donors (Lipinski definition) is 1. The first kappa shape index (κ1) is 13.3. The first-order valence-corrected chi connectivity index (χ1v) is 5.85. The van der Waals surface area contributed by atoms with E-state index in [1.54, 1.807) is 7.11 Å². The summed E-state index contributed by atoms with van der Waals surface area (Å²) in [4.78, 5) is 0. The summed E-state index contributed by atoms with van der Waals surface area (Å²) in [7, 11) is 1.73. The van der Waals surface area contributed by atoms with E-state index in [0.29, 0.717) is 0 Å². The molecule has 0 saturated heterocycles. The van der Waals surface area contributed by atoms with Crippen LogP contribution >= 0.6 is 0 Å². The molecule has 0 saturated carbocycles. The van der Waals surface area contributed by atoms with Crippen LogP contribution in [0.2, 0.25) is 0 Å². The molecule has 16 heavy (non-hydrogen) atoms. The number of furan rings is 1. The Morgan fingerprint density at radius 2 is 2.12 bits per heavy atom. The van der Waals surface area contributed by atoms with Crippen molar-refractivity contribution in [1.29, 1.82) is 0 Å². The molecule has 1 aromatic heterocycles. The number of rotatable bonds is 6. The van der Waals surface area contributed by atoms with Crippen LogP contribution in [0.3, 0.4) is 0 Å². The Hall–Kier alpha value is -0.800. The molecular weight excluding hydrogens is 202 g/mol. The molecule has 3 nitrogen and oxygen atoms in total. The van der Waals surface area contributed by atoms with Crippen molar-refractivity contribution in [3.63, 3.8) is 0 Å². The van der Waals surface area contributed by atoms with Gasteiger partial charge in [-0.1, -0.05) is 6.92 Å². The Kier molecular flexibility index (Phi) is 4.56. The van der Waals surface area contributed by atoms with Gasteiger partial charge in [-0.3, -0.25) is 0 Å². The topological polar surface area (TPSA) is 34.4 Å². The number of nitrogens with one attached hydrogen (secondary N) is 1. The zero-order valence-electron chi connectivity index (χ0n) is 11.0. The van der Waals surface area contributed by atoms with Gasteiger partial charge in [0.1, 0.15) is 11.5 Å². The van der Waals surface area contributed by atoms with Crippen LogP contribution in [0, 0.1) is 0 Å². The van der Waals surface area contributed by atoms with E-state index in [1.165, 1.54) is 0 Å². The Bertz CT molecular complexity index is 317. The number of methoxy groups -OCH3 is 1. The van der Waals surface area contributed by atoms with Crippen LogP contribution in [0.15, 0.2) is 16.5 Å². The maximum Gasteiger partial charge on any atom is 0.120 e. The third kappa shape index (κ3) is 3.65. The van der Waals surface area contributed by atoms with Gasteiger partial charge in [-0.05, 0) is 32.9 Å². The van der Waals surface area contributed by atoms with Gasteiger partial charge < -0.3 is 14.5 Å². The summed E-state index contributed by atoms with van der Waals surface area (Å²) in [6.07, 6.45) is 0.941. The summed E-state index contributed by atoms with van der Waals surface area (Å²) in [5.41, 5.74) is -0.144. The number of ether oxygens (including phenoxy) is 1. The minimum Gasteiger partial charge on any atom is -0.464 e. The fourth-order valence-electron chi connectivity index (χ4n) is 1.39. The summed E-state index contributed by atoms with van der Waals surface area (Å²) in [5, 5.41) is 3.41. The first-order chi connectivity index (χ1) is 7.48. The number of hydrogen-bond acceptors (Lipinski definition) is 3. The van der Waals surface area contributed by atoms with E-state index in [-0.39, 0.29) is 11.6 Å². The minimum absolute atomic E-state index is 0.144. The summed E-state index contributed by atoms with van der Waals surface area (Å²) in [6, 6.07) is 4.29. The van der Waals surface area contributed by atoms with Crippen LogP contribution in [-0.2, 0) is 11.2 Å². The molecular formula is C13H23NO2. The standard InChI is InChI=1S/C13H23NO2/c1-6-11-7-8-12(16-11)10(2)14-9-13(3,4)15-5/h7-8,10,14H,6,9H2,1-5H3. The Labute approximate surface area is 98.2 Å². The van der Waals surface area contributed by atoms with Gasteiger partial charge in [0, 0.05) is 20.1 Å². The Morgan fingerprint density at radius 3 is 2.62 bits per heavy atom. The van der Waals surface area contributed by atoms with Crippen LogP contribution in [0.25, 0.3) is 0 Å². The Morgan fingerprint density at radius 1 is 1.44 bits per heavy atom. The van der Waals surface area contributed by atoms with Crippen molar-refractivity contribution in [3.05, 3.63) is 23.7 Å². The molecule has 1 rings (SSSR count). The molecule has 0 aliphatic carbocycles. The molecule has 1 unspecified atom stereocenters. The highest BCUT2D eigenvalue weighted by Gasteiger charge is 2.18. The highest BCUT2D eigenvalue weighted by molar-refractivity contribution is 5.10. The Balaban J connectivity index is 2.49. The molecule has 0 radical (unpaired) electrons. The highest BCUT2D eigenvalue weighted by Crippen LogP contribution is 2.17. The zero-order chi connectivity index (χ0) is 12.2.